The molecule has 16 heavy (non-hydrogen) atoms. The first kappa shape index (κ1) is 9.28. The Hall–Kier alpha value is -1.96. The van der Waals surface area contributed by atoms with Crippen LogP contribution in [-0.2, 0) is 0 Å². The van der Waals surface area contributed by atoms with Crippen molar-refractivity contribution in [2.24, 2.45) is 0 Å². The summed E-state index contributed by atoms with van der Waals surface area (Å²) < 4.78 is 0. The van der Waals surface area contributed by atoms with Crippen molar-refractivity contribution in [3.63, 3.8) is 0 Å². The molecular formula is C14H14N2. The average Bonchev–Trinajstić information content (AvgIpc) is 2.28. The fourth-order valence-electron chi connectivity index (χ4n) is 2.13. The quantitative estimate of drug-likeness (QED) is 0.683. The molecule has 0 bridgehead atoms. The molecule has 1 aromatic carbocycles. The van der Waals surface area contributed by atoms with Crippen LogP contribution < -0.4 is 21.1 Å². The largest absolute Gasteiger partial charge is 0.359 e. The predicted molar refractivity (Wildman–Crippen MR) is 69.4 cm³/mol. The van der Waals surface area contributed by atoms with E-state index in [0.717, 1.165) is 0 Å². The molecule has 0 atom stereocenters. The molecule has 0 fully saturated rings. The van der Waals surface area contributed by atoms with Crippen molar-refractivity contribution >= 4 is 23.5 Å². The summed E-state index contributed by atoms with van der Waals surface area (Å²) in [6, 6.07) is 4.32. The van der Waals surface area contributed by atoms with Gasteiger partial charge in [0, 0.05) is 22.8 Å². The Labute approximate surface area is 94.7 Å². The van der Waals surface area contributed by atoms with Gasteiger partial charge in [0.1, 0.15) is 0 Å². The molecule has 0 spiro atoms. The van der Waals surface area contributed by atoms with Crippen molar-refractivity contribution in [1.29, 1.82) is 0 Å². The Morgan fingerprint density at radius 1 is 0.750 bits per heavy atom. The van der Waals surface area contributed by atoms with Crippen molar-refractivity contribution in [2.75, 3.05) is 10.6 Å². The fourth-order valence-corrected chi connectivity index (χ4v) is 2.13. The molecule has 3 rings (SSSR count). The lowest BCUT2D eigenvalue weighted by atomic mass is 10.1. The lowest BCUT2D eigenvalue weighted by Gasteiger charge is -2.17. The minimum Gasteiger partial charge on any atom is -0.359 e. The molecule has 2 heterocycles. The fraction of sp³-hybridized carbons (Fsp3) is 0.143. The summed E-state index contributed by atoms with van der Waals surface area (Å²) in [5.41, 5.74) is 4.84. The maximum absolute atomic E-state index is 3.35. The van der Waals surface area contributed by atoms with E-state index in [0.29, 0.717) is 0 Å². The second-order valence-electron chi connectivity index (χ2n) is 4.35. The molecule has 0 saturated carbocycles. The molecule has 2 aliphatic rings. The molecule has 1 aromatic rings. The second kappa shape index (κ2) is 3.27. The molecule has 0 radical (unpaired) electrons. The first-order chi connectivity index (χ1) is 7.74. The number of anilines is 2. The van der Waals surface area contributed by atoms with Gasteiger partial charge in [-0.3, -0.25) is 0 Å². The minimum absolute atomic E-state index is 1.17. The molecule has 2 heteroatoms. The Bertz CT molecular complexity index is 576. The second-order valence-corrected chi connectivity index (χ2v) is 4.35. The van der Waals surface area contributed by atoms with Crippen LogP contribution >= 0.6 is 0 Å². The Balaban J connectivity index is 2.30. The van der Waals surface area contributed by atoms with Gasteiger partial charge in [0.15, 0.2) is 0 Å². The topological polar surface area (TPSA) is 24.1 Å². The summed E-state index contributed by atoms with van der Waals surface area (Å²) in [5.74, 6) is 0. The van der Waals surface area contributed by atoms with Gasteiger partial charge in [-0.25, -0.2) is 0 Å². The normalized spacial score (nSPS) is 16.4. The summed E-state index contributed by atoms with van der Waals surface area (Å²) in [4.78, 5) is 0. The third-order valence-electron chi connectivity index (χ3n) is 2.92. The van der Waals surface area contributed by atoms with E-state index in [9.17, 15) is 0 Å². The maximum atomic E-state index is 3.35. The van der Waals surface area contributed by atoms with E-state index in [4.69, 9.17) is 0 Å². The van der Waals surface area contributed by atoms with E-state index in [-0.39, 0.29) is 0 Å². The van der Waals surface area contributed by atoms with Crippen molar-refractivity contribution < 1.29 is 0 Å². The van der Waals surface area contributed by atoms with Crippen molar-refractivity contribution in [1.82, 2.24) is 0 Å². The van der Waals surface area contributed by atoms with Crippen LogP contribution in [-0.4, -0.2) is 0 Å². The van der Waals surface area contributed by atoms with Crippen LogP contribution in [0.3, 0.4) is 0 Å². The van der Waals surface area contributed by atoms with E-state index in [1.165, 1.54) is 33.0 Å². The lowest BCUT2D eigenvalue weighted by molar-refractivity contribution is 1.36. The summed E-state index contributed by atoms with van der Waals surface area (Å²) in [5, 5.41) is 9.19. The zero-order valence-corrected chi connectivity index (χ0v) is 9.46. The van der Waals surface area contributed by atoms with E-state index in [1.54, 1.807) is 0 Å². The Kier molecular flexibility index (Phi) is 1.90. The summed E-state index contributed by atoms with van der Waals surface area (Å²) in [6.45, 7) is 4.19. The number of nitrogens with one attached hydrogen (secondary N) is 2. The zero-order chi connectivity index (χ0) is 11.1. The number of benzene rings is 1. The molecule has 80 valence electrons. The van der Waals surface area contributed by atoms with Crippen LogP contribution in [0.4, 0.5) is 11.4 Å². The van der Waals surface area contributed by atoms with Gasteiger partial charge in [-0.15, -0.1) is 0 Å². The molecule has 0 unspecified atom stereocenters. The first-order valence-corrected chi connectivity index (χ1v) is 5.47. The first-order valence-electron chi connectivity index (χ1n) is 5.47. The van der Waals surface area contributed by atoms with Gasteiger partial charge in [0.25, 0.3) is 0 Å². The van der Waals surface area contributed by atoms with Gasteiger partial charge in [0.05, 0.1) is 11.4 Å². The third-order valence-corrected chi connectivity index (χ3v) is 2.92. The molecule has 0 amide bonds. The maximum Gasteiger partial charge on any atom is 0.0698 e. The summed E-state index contributed by atoms with van der Waals surface area (Å²) in [7, 11) is 0. The van der Waals surface area contributed by atoms with Gasteiger partial charge < -0.3 is 10.6 Å². The van der Waals surface area contributed by atoms with Crippen LogP contribution in [0.15, 0.2) is 35.7 Å². The average molecular weight is 210 g/mol. The molecule has 2 N–H and O–H groups in total. The predicted octanol–water partition coefficient (Wildman–Crippen LogP) is 1.91. The highest BCUT2D eigenvalue weighted by atomic mass is 14.9. The van der Waals surface area contributed by atoms with Gasteiger partial charge in [-0.2, -0.15) is 0 Å². The molecule has 2 nitrogen and oxygen atoms in total. The standard InChI is InChI=1S/C14H14N2/c1-9-5-11-3-4-12-6-10(2)8-16-14(12)13(11)15-7-9/h3-8,15-16H,1-2H3. The molecule has 2 aliphatic heterocycles. The highest BCUT2D eigenvalue weighted by Crippen LogP contribution is 2.19. The number of fused-ring (bicyclic) bond motifs is 3. The van der Waals surface area contributed by atoms with Crippen molar-refractivity contribution in [2.45, 2.75) is 13.8 Å². The minimum atomic E-state index is 1.17. The van der Waals surface area contributed by atoms with Crippen LogP contribution in [0.2, 0.25) is 0 Å². The van der Waals surface area contributed by atoms with Crippen LogP contribution in [0, 0.1) is 0 Å². The highest BCUT2D eigenvalue weighted by Gasteiger charge is 2.09. The zero-order valence-electron chi connectivity index (χ0n) is 9.46. The molecule has 0 aromatic heterocycles. The van der Waals surface area contributed by atoms with E-state index in [1.807, 2.05) is 12.4 Å². The Morgan fingerprint density at radius 2 is 1.19 bits per heavy atom. The molecule has 0 aliphatic carbocycles. The van der Waals surface area contributed by atoms with Crippen molar-refractivity contribution in [3.8, 4) is 0 Å². The third kappa shape index (κ3) is 1.34. The SMILES string of the molecule is CC1=CNc2c3c(ccc2=C1)=CC(C)=CN3. The van der Waals surface area contributed by atoms with E-state index in [2.05, 4.69) is 48.8 Å². The van der Waals surface area contributed by atoms with Crippen molar-refractivity contribution in [3.05, 3.63) is 46.1 Å². The summed E-state index contributed by atoms with van der Waals surface area (Å²) in [6.07, 6.45) is 8.46. The molecule has 0 saturated heterocycles. The number of allylic oxidation sites excluding steroid dienone is 2. The van der Waals surface area contributed by atoms with Crippen LogP contribution in [0.1, 0.15) is 13.8 Å². The van der Waals surface area contributed by atoms with Gasteiger partial charge in [-0.05, 0) is 37.1 Å². The monoisotopic (exact) mass is 210 g/mol. The van der Waals surface area contributed by atoms with Gasteiger partial charge >= 0.3 is 0 Å². The van der Waals surface area contributed by atoms with Crippen LogP contribution in [0.25, 0.3) is 12.2 Å². The number of hydrogen-bond acceptors (Lipinski definition) is 2. The van der Waals surface area contributed by atoms with E-state index < -0.39 is 0 Å². The van der Waals surface area contributed by atoms with Gasteiger partial charge in [0.2, 0.25) is 0 Å². The molecular weight excluding hydrogens is 196 g/mol. The smallest absolute Gasteiger partial charge is 0.0698 e. The van der Waals surface area contributed by atoms with Gasteiger partial charge in [-0.1, -0.05) is 12.1 Å². The Morgan fingerprint density at radius 3 is 1.62 bits per heavy atom. The van der Waals surface area contributed by atoms with E-state index >= 15 is 0 Å². The number of hydrogen-bond donors (Lipinski definition) is 2. The summed E-state index contributed by atoms with van der Waals surface area (Å²) >= 11 is 0. The lowest BCUT2D eigenvalue weighted by Crippen LogP contribution is -2.22. The number of rotatable bonds is 0. The highest BCUT2D eigenvalue weighted by molar-refractivity contribution is 5.79. The van der Waals surface area contributed by atoms with Crippen LogP contribution in [0.5, 0.6) is 0 Å².